The van der Waals surface area contributed by atoms with Crippen molar-refractivity contribution in [2.45, 2.75) is 6.54 Å². The van der Waals surface area contributed by atoms with Crippen LogP contribution in [-0.4, -0.2) is 25.1 Å². The normalized spacial score (nSPS) is 10.3. The van der Waals surface area contributed by atoms with Gasteiger partial charge < -0.3 is 14.8 Å². The van der Waals surface area contributed by atoms with Gasteiger partial charge in [-0.3, -0.25) is 4.79 Å². The highest BCUT2D eigenvalue weighted by Crippen LogP contribution is 2.24. The van der Waals surface area contributed by atoms with Crippen molar-refractivity contribution in [1.82, 2.24) is 10.3 Å². The molecule has 1 amide bonds. The zero-order chi connectivity index (χ0) is 17.6. The first-order chi connectivity index (χ1) is 12.2. The lowest BCUT2D eigenvalue weighted by Crippen LogP contribution is -2.23. The summed E-state index contributed by atoms with van der Waals surface area (Å²) in [5.41, 5.74) is 2.38. The summed E-state index contributed by atoms with van der Waals surface area (Å²) in [7, 11) is 3.10. The summed E-state index contributed by atoms with van der Waals surface area (Å²) in [5.74, 6) is 0.945. The Morgan fingerprint density at radius 2 is 1.76 bits per heavy atom. The van der Waals surface area contributed by atoms with Gasteiger partial charge in [0.15, 0.2) is 0 Å². The van der Waals surface area contributed by atoms with Gasteiger partial charge >= 0.3 is 0 Å². The summed E-state index contributed by atoms with van der Waals surface area (Å²) in [6.45, 7) is 0.363. The fourth-order valence-electron chi connectivity index (χ4n) is 2.31. The first-order valence-corrected chi connectivity index (χ1v) is 8.58. The molecule has 0 radical (unpaired) electrons. The Labute approximate surface area is 150 Å². The van der Waals surface area contributed by atoms with Gasteiger partial charge in [0.05, 0.1) is 26.5 Å². The Bertz CT molecular complexity index is 840. The molecule has 1 heterocycles. The molecule has 0 spiro atoms. The average Bonchev–Trinajstić information content (AvgIpc) is 3.15. The molecule has 3 aromatic rings. The molecular weight excluding hydrogens is 336 g/mol. The Balaban J connectivity index is 1.68. The summed E-state index contributed by atoms with van der Waals surface area (Å²) in [5, 5.41) is 5.77. The molecule has 5 nitrogen and oxygen atoms in total. The lowest BCUT2D eigenvalue weighted by atomic mass is 10.2. The summed E-state index contributed by atoms with van der Waals surface area (Å²) in [4.78, 5) is 17.0. The topological polar surface area (TPSA) is 60.5 Å². The van der Waals surface area contributed by atoms with Crippen LogP contribution in [0.3, 0.4) is 0 Å². The van der Waals surface area contributed by atoms with Gasteiger partial charge in [0.2, 0.25) is 0 Å². The summed E-state index contributed by atoms with van der Waals surface area (Å²) in [6.07, 6.45) is 0. The monoisotopic (exact) mass is 354 g/mol. The van der Waals surface area contributed by atoms with Crippen molar-refractivity contribution in [3.05, 3.63) is 65.2 Å². The van der Waals surface area contributed by atoms with Crippen LogP contribution in [-0.2, 0) is 6.54 Å². The molecule has 1 N–H and O–H groups in total. The predicted molar refractivity (Wildman–Crippen MR) is 98.3 cm³/mol. The van der Waals surface area contributed by atoms with Gasteiger partial charge in [-0.1, -0.05) is 30.3 Å². The van der Waals surface area contributed by atoms with E-state index in [2.05, 4.69) is 10.3 Å². The molecular formula is C19H18N2O3S. The van der Waals surface area contributed by atoms with Gasteiger partial charge in [0.1, 0.15) is 16.5 Å². The van der Waals surface area contributed by atoms with Crippen LogP contribution < -0.4 is 14.8 Å². The van der Waals surface area contributed by atoms with E-state index in [-0.39, 0.29) is 5.91 Å². The van der Waals surface area contributed by atoms with Gasteiger partial charge in [-0.25, -0.2) is 4.98 Å². The number of hydrogen-bond donors (Lipinski definition) is 1. The zero-order valence-electron chi connectivity index (χ0n) is 14.0. The van der Waals surface area contributed by atoms with E-state index in [1.807, 2.05) is 35.7 Å². The van der Waals surface area contributed by atoms with E-state index in [9.17, 15) is 4.79 Å². The molecule has 0 aliphatic carbocycles. The van der Waals surface area contributed by atoms with Gasteiger partial charge in [-0.2, -0.15) is 0 Å². The second-order valence-corrected chi connectivity index (χ2v) is 6.15. The number of thiazole rings is 1. The van der Waals surface area contributed by atoms with Crippen LogP contribution in [0.2, 0.25) is 0 Å². The average molecular weight is 354 g/mol. The van der Waals surface area contributed by atoms with E-state index in [0.29, 0.717) is 23.6 Å². The molecule has 0 aliphatic rings. The summed E-state index contributed by atoms with van der Waals surface area (Å²) >= 11 is 1.56. The third-order valence-electron chi connectivity index (χ3n) is 3.62. The van der Waals surface area contributed by atoms with Crippen molar-refractivity contribution in [2.24, 2.45) is 0 Å². The molecule has 1 aromatic heterocycles. The maximum absolute atomic E-state index is 12.4. The molecule has 0 atom stereocenters. The Morgan fingerprint density at radius 1 is 1.08 bits per heavy atom. The highest BCUT2D eigenvalue weighted by Gasteiger charge is 2.11. The first kappa shape index (κ1) is 17.0. The second kappa shape index (κ2) is 7.81. The Morgan fingerprint density at radius 3 is 2.40 bits per heavy atom. The highest BCUT2D eigenvalue weighted by atomic mass is 32.1. The van der Waals surface area contributed by atoms with E-state index in [4.69, 9.17) is 9.47 Å². The van der Waals surface area contributed by atoms with Crippen LogP contribution >= 0.6 is 11.3 Å². The lowest BCUT2D eigenvalue weighted by Gasteiger charge is -2.08. The van der Waals surface area contributed by atoms with Crippen LogP contribution in [0, 0.1) is 0 Å². The van der Waals surface area contributed by atoms with Gasteiger partial charge in [0.25, 0.3) is 5.91 Å². The molecule has 2 aromatic carbocycles. The number of benzene rings is 2. The molecule has 0 saturated carbocycles. The number of rotatable bonds is 6. The minimum Gasteiger partial charge on any atom is -0.497 e. The summed E-state index contributed by atoms with van der Waals surface area (Å²) < 4.78 is 10.4. The van der Waals surface area contributed by atoms with Crippen molar-refractivity contribution < 1.29 is 14.3 Å². The fourth-order valence-corrected chi connectivity index (χ4v) is 3.14. The molecule has 6 heteroatoms. The molecule has 0 aliphatic heterocycles. The maximum Gasteiger partial charge on any atom is 0.251 e. The van der Waals surface area contributed by atoms with Crippen LogP contribution in [0.15, 0.2) is 53.9 Å². The molecule has 128 valence electrons. The van der Waals surface area contributed by atoms with Crippen LogP contribution in [0.25, 0.3) is 10.6 Å². The molecule has 0 bridgehead atoms. The number of hydrogen-bond acceptors (Lipinski definition) is 5. The number of carbonyl (C=O) groups excluding carboxylic acids is 1. The molecule has 3 rings (SSSR count). The number of carbonyl (C=O) groups is 1. The van der Waals surface area contributed by atoms with Gasteiger partial charge in [-0.15, -0.1) is 11.3 Å². The van der Waals surface area contributed by atoms with E-state index in [1.54, 1.807) is 43.8 Å². The standard InChI is InChI=1S/C19H18N2O3S/c1-23-16-8-14(9-17(10-16)24-2)18(22)20-11-15-12-25-19(21-15)13-6-4-3-5-7-13/h3-10,12H,11H2,1-2H3,(H,20,22). The third kappa shape index (κ3) is 4.16. The van der Waals surface area contributed by atoms with Crippen LogP contribution in [0.5, 0.6) is 11.5 Å². The molecule has 25 heavy (non-hydrogen) atoms. The van der Waals surface area contributed by atoms with E-state index < -0.39 is 0 Å². The predicted octanol–water partition coefficient (Wildman–Crippen LogP) is 3.76. The number of aromatic nitrogens is 1. The van der Waals surface area contributed by atoms with Gasteiger partial charge in [0, 0.05) is 22.6 Å². The van der Waals surface area contributed by atoms with Crippen molar-refractivity contribution in [2.75, 3.05) is 14.2 Å². The number of amides is 1. The maximum atomic E-state index is 12.4. The minimum atomic E-state index is -0.202. The van der Waals surface area contributed by atoms with E-state index in [0.717, 1.165) is 16.3 Å². The fraction of sp³-hybridized carbons (Fsp3) is 0.158. The van der Waals surface area contributed by atoms with Crippen molar-refractivity contribution >= 4 is 17.2 Å². The molecule has 0 fully saturated rings. The Kier molecular flexibility index (Phi) is 5.30. The summed E-state index contributed by atoms with van der Waals surface area (Å²) in [6, 6.07) is 15.0. The third-order valence-corrected chi connectivity index (χ3v) is 4.56. The van der Waals surface area contributed by atoms with Crippen molar-refractivity contribution in [3.63, 3.8) is 0 Å². The molecule has 0 saturated heterocycles. The zero-order valence-corrected chi connectivity index (χ0v) is 14.8. The van der Waals surface area contributed by atoms with Gasteiger partial charge in [-0.05, 0) is 12.1 Å². The lowest BCUT2D eigenvalue weighted by molar-refractivity contribution is 0.0949. The number of nitrogens with one attached hydrogen (secondary N) is 1. The first-order valence-electron chi connectivity index (χ1n) is 7.70. The SMILES string of the molecule is COc1cc(OC)cc(C(=O)NCc2csc(-c3ccccc3)n2)c1. The largest absolute Gasteiger partial charge is 0.497 e. The van der Waals surface area contributed by atoms with Crippen LogP contribution in [0.1, 0.15) is 16.1 Å². The quantitative estimate of drug-likeness (QED) is 0.732. The van der Waals surface area contributed by atoms with Crippen molar-refractivity contribution in [1.29, 1.82) is 0 Å². The number of ether oxygens (including phenoxy) is 2. The highest BCUT2D eigenvalue weighted by molar-refractivity contribution is 7.13. The minimum absolute atomic E-state index is 0.202. The smallest absolute Gasteiger partial charge is 0.251 e. The van der Waals surface area contributed by atoms with E-state index >= 15 is 0 Å². The Hall–Kier alpha value is -2.86. The van der Waals surface area contributed by atoms with Crippen molar-refractivity contribution in [3.8, 4) is 22.1 Å². The second-order valence-electron chi connectivity index (χ2n) is 5.29. The number of nitrogens with zero attached hydrogens (tertiary/aromatic N) is 1. The van der Waals surface area contributed by atoms with E-state index in [1.165, 1.54) is 0 Å². The number of methoxy groups -OCH3 is 2. The molecule has 0 unspecified atom stereocenters. The van der Waals surface area contributed by atoms with Crippen LogP contribution in [0.4, 0.5) is 0 Å².